The van der Waals surface area contributed by atoms with Gasteiger partial charge in [-0.2, -0.15) is 0 Å². The van der Waals surface area contributed by atoms with E-state index in [-0.39, 0.29) is 11.6 Å². The van der Waals surface area contributed by atoms with Crippen LogP contribution >= 0.6 is 22.9 Å². The lowest BCUT2D eigenvalue weighted by Gasteiger charge is -2.31. The van der Waals surface area contributed by atoms with E-state index >= 15 is 0 Å². The van der Waals surface area contributed by atoms with Gasteiger partial charge in [0.25, 0.3) is 5.56 Å². The number of aryl methyl sites for hydroxylation is 1. The zero-order valence-corrected chi connectivity index (χ0v) is 22.6. The summed E-state index contributed by atoms with van der Waals surface area (Å²) < 4.78 is 14.2. The predicted molar refractivity (Wildman–Crippen MR) is 155 cm³/mol. The van der Waals surface area contributed by atoms with E-state index in [2.05, 4.69) is 18.2 Å². The van der Waals surface area contributed by atoms with Gasteiger partial charge in [0.2, 0.25) is 0 Å². The molecule has 0 saturated heterocycles. The monoisotopic (exact) mass is 550 g/mol. The van der Waals surface area contributed by atoms with Crippen LogP contribution in [0.1, 0.15) is 34.9 Å². The molecule has 0 spiro atoms. The average Bonchev–Trinajstić information content (AvgIpc) is 3.56. The van der Waals surface area contributed by atoms with Gasteiger partial charge >= 0.3 is 0 Å². The largest absolute Gasteiger partial charge is 0.496 e. The van der Waals surface area contributed by atoms with Crippen LogP contribution in [-0.2, 0) is 6.42 Å². The van der Waals surface area contributed by atoms with Crippen molar-refractivity contribution in [2.24, 2.45) is 4.99 Å². The van der Waals surface area contributed by atoms with E-state index in [1.54, 1.807) is 13.2 Å². The molecule has 5 aromatic rings. The van der Waals surface area contributed by atoms with Crippen LogP contribution < -0.4 is 19.6 Å². The van der Waals surface area contributed by atoms with Gasteiger partial charge in [-0.1, -0.05) is 65.4 Å². The molecule has 1 aliphatic carbocycles. The number of thiazole rings is 1. The maximum atomic E-state index is 14.0. The molecule has 0 fully saturated rings. The highest BCUT2D eigenvalue weighted by Crippen LogP contribution is 2.43. The first-order chi connectivity index (χ1) is 19.1. The van der Waals surface area contributed by atoms with Crippen LogP contribution in [0.25, 0.3) is 23.1 Å². The van der Waals surface area contributed by atoms with Gasteiger partial charge in [0.15, 0.2) is 4.80 Å². The fraction of sp³-hybridized carbons (Fsp3) is 0.125. The van der Waals surface area contributed by atoms with Crippen molar-refractivity contribution >= 4 is 34.7 Å². The third-order valence-corrected chi connectivity index (χ3v) is 8.57. The molecule has 2 aliphatic rings. The molecular weight excluding hydrogens is 528 g/mol. The second-order valence-corrected chi connectivity index (χ2v) is 11.0. The van der Waals surface area contributed by atoms with Crippen LogP contribution in [0.15, 0.2) is 105 Å². The molecule has 0 radical (unpaired) electrons. The van der Waals surface area contributed by atoms with Crippen molar-refractivity contribution in [1.29, 1.82) is 0 Å². The molecule has 1 atom stereocenters. The summed E-state index contributed by atoms with van der Waals surface area (Å²) in [4.78, 5) is 19.7. The number of halogens is 1. The molecule has 0 saturated carbocycles. The summed E-state index contributed by atoms with van der Waals surface area (Å²) >= 11 is 7.42. The first-order valence-corrected chi connectivity index (χ1v) is 13.9. The molecule has 39 heavy (non-hydrogen) atoms. The van der Waals surface area contributed by atoms with E-state index in [1.165, 1.54) is 16.9 Å². The molecule has 2 aromatic heterocycles. The number of furan rings is 1. The number of hydrogen-bond acceptors (Lipinski definition) is 5. The number of methoxy groups -OCH3 is 1. The molecule has 0 unspecified atom stereocenters. The predicted octanol–water partition coefficient (Wildman–Crippen LogP) is 6.24. The number of rotatable bonds is 4. The summed E-state index contributed by atoms with van der Waals surface area (Å²) in [5, 5.41) is 0.668. The van der Waals surface area contributed by atoms with E-state index in [1.807, 2.05) is 71.3 Å². The SMILES string of the molecule is COc1ccccc1[C@@H]1C2=C(N=c3s/c(=C/c4ccc(-c5ccc(Cl)cc5)o4)c(=O)n31)c1ccccc1CC2. The Morgan fingerprint density at radius 3 is 2.64 bits per heavy atom. The number of aromatic nitrogens is 1. The smallest absolute Gasteiger partial charge is 0.271 e. The highest BCUT2D eigenvalue weighted by Gasteiger charge is 2.34. The Labute approximate surface area is 233 Å². The van der Waals surface area contributed by atoms with Crippen LogP contribution in [0.2, 0.25) is 5.02 Å². The second-order valence-electron chi connectivity index (χ2n) is 9.56. The number of nitrogens with zero attached hydrogens (tertiary/aromatic N) is 2. The lowest BCUT2D eigenvalue weighted by atomic mass is 9.83. The van der Waals surface area contributed by atoms with Gasteiger partial charge in [0.05, 0.1) is 23.4 Å². The lowest BCUT2D eigenvalue weighted by molar-refractivity contribution is 0.402. The Kier molecular flexibility index (Phi) is 5.87. The summed E-state index contributed by atoms with van der Waals surface area (Å²) in [5.74, 6) is 2.07. The van der Waals surface area contributed by atoms with Crippen LogP contribution in [0.4, 0.5) is 0 Å². The molecule has 1 aliphatic heterocycles. The Morgan fingerprint density at radius 2 is 1.79 bits per heavy atom. The molecule has 7 heteroatoms. The average molecular weight is 551 g/mol. The van der Waals surface area contributed by atoms with E-state index in [4.69, 9.17) is 25.7 Å². The van der Waals surface area contributed by atoms with Crippen LogP contribution in [0, 0.1) is 0 Å². The minimum atomic E-state index is -0.302. The number of benzene rings is 3. The van der Waals surface area contributed by atoms with Crippen LogP contribution in [0.3, 0.4) is 0 Å². The van der Waals surface area contributed by atoms with Gasteiger partial charge in [-0.15, -0.1) is 0 Å². The fourth-order valence-corrected chi connectivity index (χ4v) is 6.63. The highest BCUT2D eigenvalue weighted by molar-refractivity contribution is 7.07. The second kappa shape index (κ2) is 9.56. The molecule has 7 rings (SSSR count). The summed E-state index contributed by atoms with van der Waals surface area (Å²) in [6, 6.07) is 27.3. The van der Waals surface area contributed by atoms with E-state index in [0.29, 0.717) is 25.9 Å². The number of ether oxygens (including phenoxy) is 1. The maximum absolute atomic E-state index is 14.0. The standard InChI is InChI=1S/C32H23ClN2O3S/c1-37-27-9-5-4-8-24(27)30-25-16-12-19-6-2-3-7-23(19)29(25)34-32-35(30)31(36)28(39-32)18-22-15-17-26(38-22)20-10-13-21(33)14-11-20/h2-11,13-15,17-18,30H,12,16H2,1H3/b28-18+/t30-/m1/s1. The van der Waals surface area contributed by atoms with Gasteiger partial charge in [0.1, 0.15) is 17.3 Å². The Balaban J connectivity index is 1.42. The highest BCUT2D eigenvalue weighted by atomic mass is 35.5. The van der Waals surface area contributed by atoms with Crippen LogP contribution in [0.5, 0.6) is 5.75 Å². The molecule has 0 bridgehead atoms. The minimum absolute atomic E-state index is 0.0930. The Bertz CT molecular complexity index is 1950. The summed E-state index contributed by atoms with van der Waals surface area (Å²) in [7, 11) is 1.67. The zero-order chi connectivity index (χ0) is 26.5. The molecule has 3 aromatic carbocycles. The minimum Gasteiger partial charge on any atom is -0.496 e. The summed E-state index contributed by atoms with van der Waals surface area (Å²) in [6.45, 7) is 0. The van der Waals surface area contributed by atoms with Gasteiger partial charge in [-0.25, -0.2) is 4.99 Å². The van der Waals surface area contributed by atoms with E-state index < -0.39 is 0 Å². The van der Waals surface area contributed by atoms with Crippen molar-refractivity contribution < 1.29 is 9.15 Å². The van der Waals surface area contributed by atoms with Crippen molar-refractivity contribution in [2.75, 3.05) is 7.11 Å². The van der Waals surface area contributed by atoms with Gasteiger partial charge in [0, 0.05) is 27.8 Å². The molecule has 192 valence electrons. The Hall–Kier alpha value is -4.13. The van der Waals surface area contributed by atoms with Gasteiger partial charge < -0.3 is 9.15 Å². The van der Waals surface area contributed by atoms with E-state index in [9.17, 15) is 4.79 Å². The quantitative estimate of drug-likeness (QED) is 0.266. The van der Waals surface area contributed by atoms with Crippen molar-refractivity contribution in [2.45, 2.75) is 18.9 Å². The first kappa shape index (κ1) is 23.9. The molecule has 0 amide bonds. The topological polar surface area (TPSA) is 56.7 Å². The molecule has 0 N–H and O–H groups in total. The summed E-state index contributed by atoms with van der Waals surface area (Å²) in [5.41, 5.74) is 6.30. The third-order valence-electron chi connectivity index (χ3n) is 7.34. The van der Waals surface area contributed by atoms with Crippen LogP contribution in [-0.4, -0.2) is 11.7 Å². The maximum Gasteiger partial charge on any atom is 0.271 e. The third kappa shape index (κ3) is 4.08. The molecule has 5 nitrogen and oxygen atoms in total. The number of fused-ring (bicyclic) bond motifs is 3. The van der Waals surface area contributed by atoms with Gasteiger partial charge in [-0.05, 0) is 66.4 Å². The normalized spacial score (nSPS) is 16.4. The van der Waals surface area contributed by atoms with Gasteiger partial charge in [-0.3, -0.25) is 9.36 Å². The fourth-order valence-electron chi connectivity index (χ4n) is 5.52. The lowest BCUT2D eigenvalue weighted by Crippen LogP contribution is -2.38. The number of para-hydroxylation sites is 1. The van der Waals surface area contributed by atoms with Crippen molar-refractivity contribution in [3.8, 4) is 17.1 Å². The van der Waals surface area contributed by atoms with Crippen molar-refractivity contribution in [1.82, 2.24) is 4.57 Å². The first-order valence-electron chi connectivity index (χ1n) is 12.7. The molecular formula is C32H23ClN2O3S. The zero-order valence-electron chi connectivity index (χ0n) is 21.1. The Morgan fingerprint density at radius 1 is 1.00 bits per heavy atom. The number of allylic oxidation sites excluding steroid dienone is 1. The van der Waals surface area contributed by atoms with Crippen molar-refractivity contribution in [3.63, 3.8) is 0 Å². The van der Waals surface area contributed by atoms with E-state index in [0.717, 1.165) is 46.6 Å². The summed E-state index contributed by atoms with van der Waals surface area (Å²) in [6.07, 6.45) is 3.53. The number of hydrogen-bond donors (Lipinski definition) is 0. The molecule has 3 heterocycles. The van der Waals surface area contributed by atoms with Crippen molar-refractivity contribution in [3.05, 3.63) is 138 Å².